The number of pyridine rings is 1. The van der Waals surface area contributed by atoms with Crippen molar-refractivity contribution in [2.75, 3.05) is 6.54 Å². The Balaban J connectivity index is 2.00. The summed E-state index contributed by atoms with van der Waals surface area (Å²) in [6.45, 7) is 0.720. The van der Waals surface area contributed by atoms with Crippen LogP contribution in [0.5, 0.6) is 0 Å². The topological polar surface area (TPSA) is 53.4 Å². The molecular formula is C18H18Cl2N2O2. The molecule has 1 saturated heterocycles. The Morgan fingerprint density at radius 1 is 1.29 bits per heavy atom. The lowest BCUT2D eigenvalue weighted by atomic mass is 9.98. The third-order valence-electron chi connectivity index (χ3n) is 4.45. The van der Waals surface area contributed by atoms with E-state index in [1.54, 1.807) is 12.3 Å². The summed E-state index contributed by atoms with van der Waals surface area (Å²) in [6.07, 6.45) is 3.83. The zero-order chi connectivity index (χ0) is 17.1. The third kappa shape index (κ3) is 3.56. The number of hydrogen-bond donors (Lipinski definition) is 1. The van der Waals surface area contributed by atoms with Crippen LogP contribution in [0, 0.1) is 0 Å². The molecule has 126 valence electrons. The van der Waals surface area contributed by atoms with Crippen LogP contribution in [0.4, 0.5) is 0 Å². The summed E-state index contributed by atoms with van der Waals surface area (Å²) in [5.74, 6) is -0.795. The van der Waals surface area contributed by atoms with Gasteiger partial charge in [0.25, 0.3) is 0 Å². The molecule has 2 heterocycles. The third-order valence-corrected chi connectivity index (χ3v) is 5.28. The molecule has 0 amide bonds. The molecule has 0 bridgehead atoms. The number of aromatic nitrogens is 1. The van der Waals surface area contributed by atoms with Crippen molar-refractivity contribution in [3.8, 4) is 0 Å². The number of aliphatic carboxylic acids is 1. The van der Waals surface area contributed by atoms with E-state index in [0.717, 1.165) is 24.2 Å². The van der Waals surface area contributed by atoms with Crippen LogP contribution in [0.25, 0.3) is 0 Å². The lowest BCUT2D eigenvalue weighted by Gasteiger charge is -2.32. The highest BCUT2D eigenvalue weighted by Crippen LogP contribution is 2.38. The van der Waals surface area contributed by atoms with Gasteiger partial charge in [0.15, 0.2) is 0 Å². The number of halogens is 2. The number of benzene rings is 1. The van der Waals surface area contributed by atoms with Gasteiger partial charge in [-0.05, 0) is 43.1 Å². The Bertz CT molecular complexity index is 724. The van der Waals surface area contributed by atoms with Crippen molar-refractivity contribution in [2.24, 2.45) is 0 Å². The van der Waals surface area contributed by atoms with Crippen molar-refractivity contribution in [3.63, 3.8) is 0 Å². The molecule has 1 fully saturated rings. The average molecular weight is 365 g/mol. The number of carboxylic acid groups (broad SMARTS) is 1. The second kappa shape index (κ2) is 7.51. The van der Waals surface area contributed by atoms with Crippen LogP contribution in [0.3, 0.4) is 0 Å². The number of rotatable bonds is 5. The maximum atomic E-state index is 11.6. The molecule has 1 aromatic heterocycles. The summed E-state index contributed by atoms with van der Waals surface area (Å²) in [5, 5.41) is 10.5. The van der Waals surface area contributed by atoms with E-state index in [-0.39, 0.29) is 6.04 Å². The molecule has 2 atom stereocenters. The maximum absolute atomic E-state index is 11.6. The van der Waals surface area contributed by atoms with Crippen molar-refractivity contribution in [3.05, 3.63) is 63.9 Å². The number of nitrogens with zero attached hydrogens (tertiary/aromatic N) is 2. The first kappa shape index (κ1) is 17.2. The first-order valence-electron chi connectivity index (χ1n) is 7.90. The van der Waals surface area contributed by atoms with Gasteiger partial charge >= 0.3 is 5.97 Å². The fourth-order valence-corrected chi connectivity index (χ4v) is 3.76. The Hall–Kier alpha value is -1.62. The number of likely N-dealkylation sites (tertiary alicyclic amines) is 1. The van der Waals surface area contributed by atoms with Crippen LogP contribution >= 0.6 is 23.2 Å². The van der Waals surface area contributed by atoms with Crippen LogP contribution in [0.15, 0.2) is 42.6 Å². The fourth-order valence-electron chi connectivity index (χ4n) is 3.33. The molecule has 1 aromatic carbocycles. The summed E-state index contributed by atoms with van der Waals surface area (Å²) in [7, 11) is 0. The van der Waals surface area contributed by atoms with Crippen LogP contribution in [0.1, 0.15) is 30.1 Å². The Morgan fingerprint density at radius 3 is 2.83 bits per heavy atom. The first-order chi connectivity index (χ1) is 11.6. The molecule has 4 nitrogen and oxygen atoms in total. The predicted octanol–water partition coefficient (Wildman–Crippen LogP) is 4.22. The summed E-state index contributed by atoms with van der Waals surface area (Å²) in [5.41, 5.74) is 1.75. The largest absolute Gasteiger partial charge is 0.480 e. The van der Waals surface area contributed by atoms with Crippen molar-refractivity contribution in [2.45, 2.75) is 31.3 Å². The maximum Gasteiger partial charge on any atom is 0.320 e. The zero-order valence-corrected chi connectivity index (χ0v) is 14.5. The van der Waals surface area contributed by atoms with Crippen molar-refractivity contribution in [1.82, 2.24) is 9.88 Å². The van der Waals surface area contributed by atoms with E-state index in [4.69, 9.17) is 23.2 Å². The van der Waals surface area contributed by atoms with Gasteiger partial charge < -0.3 is 5.11 Å². The van der Waals surface area contributed by atoms with Gasteiger partial charge in [0.05, 0.1) is 10.0 Å². The number of carbonyl (C=O) groups is 1. The second-order valence-electron chi connectivity index (χ2n) is 5.92. The number of hydrogen-bond acceptors (Lipinski definition) is 3. The minimum absolute atomic E-state index is 0.172. The van der Waals surface area contributed by atoms with Crippen molar-refractivity contribution >= 4 is 29.2 Å². The van der Waals surface area contributed by atoms with Gasteiger partial charge in [0.2, 0.25) is 0 Å². The summed E-state index contributed by atoms with van der Waals surface area (Å²) in [4.78, 5) is 18.0. The molecular weight excluding hydrogens is 347 g/mol. The molecule has 3 rings (SSSR count). The highest BCUT2D eigenvalue weighted by atomic mass is 35.5. The molecule has 2 aromatic rings. The molecule has 0 spiro atoms. The minimum atomic E-state index is -0.795. The Morgan fingerprint density at radius 2 is 2.12 bits per heavy atom. The Kier molecular flexibility index (Phi) is 5.39. The van der Waals surface area contributed by atoms with Crippen molar-refractivity contribution < 1.29 is 9.90 Å². The van der Waals surface area contributed by atoms with Gasteiger partial charge in [-0.3, -0.25) is 14.7 Å². The molecule has 1 aliphatic heterocycles. The average Bonchev–Trinajstić information content (AvgIpc) is 3.06. The quantitative estimate of drug-likeness (QED) is 0.862. The van der Waals surface area contributed by atoms with Crippen molar-refractivity contribution in [1.29, 1.82) is 0 Å². The molecule has 6 heteroatoms. The van der Waals surface area contributed by atoms with Gasteiger partial charge in [-0.15, -0.1) is 0 Å². The summed E-state index contributed by atoms with van der Waals surface area (Å²) < 4.78 is 0. The van der Waals surface area contributed by atoms with E-state index in [2.05, 4.69) is 4.98 Å². The molecule has 24 heavy (non-hydrogen) atoms. The first-order valence-corrected chi connectivity index (χ1v) is 8.66. The molecule has 1 N–H and O–H groups in total. The van der Waals surface area contributed by atoms with E-state index in [0.29, 0.717) is 22.9 Å². The van der Waals surface area contributed by atoms with Gasteiger partial charge in [-0.1, -0.05) is 41.4 Å². The molecule has 0 radical (unpaired) electrons. The lowest BCUT2D eigenvalue weighted by Crippen LogP contribution is -2.39. The van der Waals surface area contributed by atoms with Crippen LogP contribution < -0.4 is 0 Å². The van der Waals surface area contributed by atoms with Crippen LogP contribution in [-0.4, -0.2) is 33.5 Å². The lowest BCUT2D eigenvalue weighted by molar-refractivity contribution is -0.143. The fraction of sp³-hybridized carbons (Fsp3) is 0.333. The molecule has 1 aliphatic rings. The standard InChI is InChI=1S/C18H18Cl2N2O2/c19-14-7-3-6-13(17(14)20)16(11-12-5-1-2-9-21-12)22-10-4-8-15(22)18(23)24/h1-3,5-7,9,15-16H,4,8,10-11H2,(H,23,24). The van der Waals surface area contributed by atoms with Crippen LogP contribution in [-0.2, 0) is 11.2 Å². The van der Waals surface area contributed by atoms with Gasteiger partial charge in [-0.25, -0.2) is 0 Å². The Labute approximate surface area is 151 Å². The summed E-state index contributed by atoms with van der Waals surface area (Å²) >= 11 is 12.6. The number of carboxylic acids is 1. The molecule has 2 unspecified atom stereocenters. The summed E-state index contributed by atoms with van der Waals surface area (Å²) in [6, 6.07) is 10.6. The smallest absolute Gasteiger partial charge is 0.320 e. The molecule has 0 aliphatic carbocycles. The minimum Gasteiger partial charge on any atom is -0.480 e. The van der Waals surface area contributed by atoms with Gasteiger partial charge in [0.1, 0.15) is 6.04 Å². The normalized spacial score (nSPS) is 19.3. The van der Waals surface area contributed by atoms with E-state index in [1.807, 2.05) is 35.2 Å². The molecule has 0 saturated carbocycles. The highest BCUT2D eigenvalue weighted by Gasteiger charge is 2.37. The zero-order valence-electron chi connectivity index (χ0n) is 13.0. The van der Waals surface area contributed by atoms with E-state index >= 15 is 0 Å². The van der Waals surface area contributed by atoms with E-state index in [1.165, 1.54) is 0 Å². The highest BCUT2D eigenvalue weighted by molar-refractivity contribution is 6.42. The van der Waals surface area contributed by atoms with E-state index in [9.17, 15) is 9.90 Å². The SMILES string of the molecule is O=C(O)C1CCCN1C(Cc1ccccn1)c1cccc(Cl)c1Cl. The predicted molar refractivity (Wildman–Crippen MR) is 94.5 cm³/mol. The van der Waals surface area contributed by atoms with E-state index < -0.39 is 12.0 Å². The monoisotopic (exact) mass is 364 g/mol. The van der Waals surface area contributed by atoms with Crippen LogP contribution in [0.2, 0.25) is 10.0 Å². The second-order valence-corrected chi connectivity index (χ2v) is 6.70. The van der Waals surface area contributed by atoms with Gasteiger partial charge in [0, 0.05) is 24.4 Å². The van der Waals surface area contributed by atoms with Gasteiger partial charge in [-0.2, -0.15) is 0 Å².